The van der Waals surface area contributed by atoms with Crippen LogP contribution in [0.1, 0.15) is 6.42 Å². The summed E-state index contributed by atoms with van der Waals surface area (Å²) in [5.41, 5.74) is 2.35. The molecule has 0 spiro atoms. The van der Waals surface area contributed by atoms with Crippen LogP contribution in [0, 0.1) is 0 Å². The summed E-state index contributed by atoms with van der Waals surface area (Å²) >= 11 is 6.11. The second-order valence-corrected chi connectivity index (χ2v) is 6.11. The number of rotatable bonds is 8. The summed E-state index contributed by atoms with van der Waals surface area (Å²) in [6, 6.07) is 10.9. The van der Waals surface area contributed by atoms with Crippen LogP contribution in [0.3, 0.4) is 0 Å². The molecule has 0 radical (unpaired) electrons. The Kier molecular flexibility index (Phi) is 6.40. The van der Waals surface area contributed by atoms with Crippen molar-refractivity contribution in [1.82, 2.24) is 15.0 Å². The molecule has 140 valence electrons. The molecule has 0 unspecified atom stereocenters. The van der Waals surface area contributed by atoms with Gasteiger partial charge < -0.3 is 20.5 Å². The number of ether oxygens (including phenoxy) is 1. The van der Waals surface area contributed by atoms with E-state index >= 15 is 0 Å². The maximum Gasteiger partial charge on any atom is 0.225 e. The molecule has 1 aromatic carbocycles. The lowest BCUT2D eigenvalue weighted by molar-refractivity contribution is 0.292. The summed E-state index contributed by atoms with van der Waals surface area (Å²) in [6.07, 6.45) is 4.03. The van der Waals surface area contributed by atoms with Gasteiger partial charge in [0.15, 0.2) is 0 Å². The number of pyridine rings is 1. The van der Waals surface area contributed by atoms with Crippen molar-refractivity contribution >= 4 is 29.1 Å². The number of aliphatic hydroxyl groups excluding tert-OH is 1. The van der Waals surface area contributed by atoms with Crippen LogP contribution in [0.15, 0.2) is 48.8 Å². The summed E-state index contributed by atoms with van der Waals surface area (Å²) in [4.78, 5) is 13.1. The van der Waals surface area contributed by atoms with E-state index in [4.69, 9.17) is 21.4 Å². The number of hydrogen-bond donors (Lipinski definition) is 3. The van der Waals surface area contributed by atoms with E-state index in [-0.39, 0.29) is 6.61 Å². The lowest BCUT2D eigenvalue weighted by Crippen LogP contribution is -2.09. The van der Waals surface area contributed by atoms with Crippen molar-refractivity contribution in [2.45, 2.75) is 6.42 Å². The number of halogens is 1. The molecule has 3 aromatic rings. The van der Waals surface area contributed by atoms with E-state index in [0.29, 0.717) is 41.2 Å². The number of hydrogen-bond acceptors (Lipinski definition) is 7. The lowest BCUT2D eigenvalue weighted by Gasteiger charge is -2.13. The minimum Gasteiger partial charge on any atom is -0.495 e. The molecule has 8 heteroatoms. The van der Waals surface area contributed by atoms with Crippen molar-refractivity contribution in [2.75, 3.05) is 30.9 Å². The number of methoxy groups -OCH3 is 1. The molecule has 2 heterocycles. The average molecular weight is 386 g/mol. The number of nitrogens with one attached hydrogen (secondary N) is 2. The molecule has 3 N–H and O–H groups in total. The van der Waals surface area contributed by atoms with Crippen LogP contribution >= 0.6 is 11.6 Å². The first kappa shape index (κ1) is 18.9. The first-order valence-electron chi connectivity index (χ1n) is 8.44. The third-order valence-corrected chi connectivity index (χ3v) is 3.98. The normalized spacial score (nSPS) is 10.5. The van der Waals surface area contributed by atoms with E-state index in [0.717, 1.165) is 11.3 Å². The molecule has 0 bridgehead atoms. The third-order valence-electron chi connectivity index (χ3n) is 3.74. The van der Waals surface area contributed by atoms with Gasteiger partial charge in [-0.3, -0.25) is 4.98 Å². The predicted octanol–water partition coefficient (Wildman–Crippen LogP) is 3.74. The van der Waals surface area contributed by atoms with Gasteiger partial charge in [-0.15, -0.1) is 0 Å². The van der Waals surface area contributed by atoms with Crippen LogP contribution in [0.4, 0.5) is 17.5 Å². The predicted molar refractivity (Wildman–Crippen MR) is 107 cm³/mol. The van der Waals surface area contributed by atoms with Gasteiger partial charge in [0.1, 0.15) is 11.6 Å². The Morgan fingerprint density at radius 1 is 1.11 bits per heavy atom. The van der Waals surface area contributed by atoms with Crippen LogP contribution < -0.4 is 15.4 Å². The van der Waals surface area contributed by atoms with E-state index in [1.807, 2.05) is 18.2 Å². The molecular weight excluding hydrogens is 366 g/mol. The highest BCUT2D eigenvalue weighted by molar-refractivity contribution is 6.31. The Morgan fingerprint density at radius 3 is 2.67 bits per heavy atom. The van der Waals surface area contributed by atoms with Gasteiger partial charge in [-0.2, -0.15) is 4.98 Å². The van der Waals surface area contributed by atoms with Crippen LogP contribution in [-0.4, -0.2) is 40.3 Å². The summed E-state index contributed by atoms with van der Waals surface area (Å²) in [7, 11) is 1.60. The average Bonchev–Trinajstić information content (AvgIpc) is 2.69. The van der Waals surface area contributed by atoms with Crippen molar-refractivity contribution in [3.05, 3.63) is 53.8 Å². The standard InChI is InChI=1S/C19H20ClN5O2/c1-27-17-4-3-14(20)11-16(17)23-18-12-15(13-5-8-21-9-6-13)24-19(25-18)22-7-2-10-26/h3-6,8-9,11-12,26H,2,7,10H2,1H3,(H2,22,23,24,25). The van der Waals surface area contributed by atoms with Crippen molar-refractivity contribution in [2.24, 2.45) is 0 Å². The molecule has 0 amide bonds. The zero-order valence-electron chi connectivity index (χ0n) is 14.8. The van der Waals surface area contributed by atoms with Gasteiger partial charge in [-0.25, -0.2) is 4.98 Å². The van der Waals surface area contributed by atoms with Crippen LogP contribution in [0.25, 0.3) is 11.3 Å². The number of benzene rings is 1. The summed E-state index contributed by atoms with van der Waals surface area (Å²) in [5.74, 6) is 1.70. The van der Waals surface area contributed by atoms with Gasteiger partial charge in [0.2, 0.25) is 5.95 Å². The van der Waals surface area contributed by atoms with Gasteiger partial charge in [-0.1, -0.05) is 11.6 Å². The fourth-order valence-electron chi connectivity index (χ4n) is 2.46. The molecule has 0 aliphatic heterocycles. The highest BCUT2D eigenvalue weighted by atomic mass is 35.5. The third kappa shape index (κ3) is 5.06. The molecule has 0 aliphatic rings. The molecule has 0 saturated heterocycles. The largest absolute Gasteiger partial charge is 0.495 e. The second-order valence-electron chi connectivity index (χ2n) is 5.67. The van der Waals surface area contributed by atoms with Crippen molar-refractivity contribution in [1.29, 1.82) is 0 Å². The maximum atomic E-state index is 8.98. The smallest absolute Gasteiger partial charge is 0.225 e. The molecule has 7 nitrogen and oxygen atoms in total. The van der Waals surface area contributed by atoms with Crippen molar-refractivity contribution < 1.29 is 9.84 Å². The number of aromatic nitrogens is 3. The second kappa shape index (κ2) is 9.16. The molecule has 0 aliphatic carbocycles. The van der Waals surface area contributed by atoms with Crippen LogP contribution in [0.5, 0.6) is 5.75 Å². The molecule has 0 atom stereocenters. The van der Waals surface area contributed by atoms with E-state index in [9.17, 15) is 0 Å². The van der Waals surface area contributed by atoms with Gasteiger partial charge in [0.05, 0.1) is 18.5 Å². The number of aliphatic hydroxyl groups is 1. The molecule has 0 saturated carbocycles. The zero-order chi connectivity index (χ0) is 19.1. The Bertz CT molecular complexity index is 893. The monoisotopic (exact) mass is 385 g/mol. The Morgan fingerprint density at radius 2 is 1.93 bits per heavy atom. The molecule has 27 heavy (non-hydrogen) atoms. The van der Waals surface area contributed by atoms with E-state index in [2.05, 4.69) is 25.6 Å². The Hall–Kier alpha value is -2.90. The molecule has 0 fully saturated rings. The van der Waals surface area contributed by atoms with Gasteiger partial charge >= 0.3 is 0 Å². The maximum absolute atomic E-state index is 8.98. The summed E-state index contributed by atoms with van der Waals surface area (Å²) in [5, 5.41) is 15.9. The lowest BCUT2D eigenvalue weighted by atomic mass is 10.2. The van der Waals surface area contributed by atoms with E-state index < -0.39 is 0 Å². The van der Waals surface area contributed by atoms with Crippen LogP contribution in [-0.2, 0) is 0 Å². The van der Waals surface area contributed by atoms with E-state index in [1.54, 1.807) is 37.7 Å². The fourth-order valence-corrected chi connectivity index (χ4v) is 2.63. The first-order valence-corrected chi connectivity index (χ1v) is 8.82. The Labute approximate surface area is 162 Å². The van der Waals surface area contributed by atoms with Gasteiger partial charge in [0.25, 0.3) is 0 Å². The number of anilines is 3. The minimum absolute atomic E-state index is 0.0991. The fraction of sp³-hybridized carbons (Fsp3) is 0.211. The summed E-state index contributed by atoms with van der Waals surface area (Å²) in [6.45, 7) is 0.665. The summed E-state index contributed by atoms with van der Waals surface area (Å²) < 4.78 is 5.38. The topological polar surface area (TPSA) is 92.2 Å². The molecule has 2 aromatic heterocycles. The molecular formula is C19H20ClN5O2. The van der Waals surface area contributed by atoms with Crippen molar-refractivity contribution in [3.63, 3.8) is 0 Å². The van der Waals surface area contributed by atoms with Gasteiger partial charge in [0, 0.05) is 42.2 Å². The van der Waals surface area contributed by atoms with Gasteiger partial charge in [-0.05, 0) is 36.8 Å². The minimum atomic E-state index is 0.0991. The number of nitrogens with zero attached hydrogens (tertiary/aromatic N) is 3. The van der Waals surface area contributed by atoms with Crippen LogP contribution in [0.2, 0.25) is 5.02 Å². The van der Waals surface area contributed by atoms with E-state index in [1.165, 1.54) is 0 Å². The Balaban J connectivity index is 1.96. The quantitative estimate of drug-likeness (QED) is 0.508. The SMILES string of the molecule is COc1ccc(Cl)cc1Nc1cc(-c2ccncc2)nc(NCCCO)n1. The highest BCUT2D eigenvalue weighted by Crippen LogP contribution is 2.31. The zero-order valence-corrected chi connectivity index (χ0v) is 15.6. The first-order chi connectivity index (χ1) is 13.2. The molecule has 3 rings (SSSR count). The highest BCUT2D eigenvalue weighted by Gasteiger charge is 2.10. The van der Waals surface area contributed by atoms with Crippen molar-refractivity contribution in [3.8, 4) is 17.0 Å².